The highest BCUT2D eigenvalue weighted by molar-refractivity contribution is 6.30. The SMILES string of the molecule is CCNC1CCCC1Cc1ccc(Cl)cc1[N+](=O)[O-]. The van der Waals surface area contributed by atoms with Crippen molar-refractivity contribution in [1.29, 1.82) is 0 Å². The van der Waals surface area contributed by atoms with Crippen LogP contribution in [0, 0.1) is 16.0 Å². The van der Waals surface area contributed by atoms with Gasteiger partial charge in [-0.25, -0.2) is 0 Å². The summed E-state index contributed by atoms with van der Waals surface area (Å²) < 4.78 is 0. The van der Waals surface area contributed by atoms with Gasteiger partial charge in [0.25, 0.3) is 5.69 Å². The Morgan fingerprint density at radius 3 is 2.95 bits per heavy atom. The van der Waals surface area contributed by atoms with Crippen LogP contribution in [0.25, 0.3) is 0 Å². The van der Waals surface area contributed by atoms with Gasteiger partial charge in [-0.15, -0.1) is 0 Å². The van der Waals surface area contributed by atoms with Crippen LogP contribution in [-0.4, -0.2) is 17.5 Å². The average Bonchev–Trinajstić information content (AvgIpc) is 2.79. The van der Waals surface area contributed by atoms with Crippen LogP contribution in [0.2, 0.25) is 5.02 Å². The summed E-state index contributed by atoms with van der Waals surface area (Å²) in [6, 6.07) is 5.47. The highest BCUT2D eigenvalue weighted by atomic mass is 35.5. The zero-order valence-corrected chi connectivity index (χ0v) is 11.8. The largest absolute Gasteiger partial charge is 0.314 e. The lowest BCUT2D eigenvalue weighted by Gasteiger charge is -2.20. The van der Waals surface area contributed by atoms with Gasteiger partial charge >= 0.3 is 0 Å². The molecule has 1 N–H and O–H groups in total. The van der Waals surface area contributed by atoms with E-state index < -0.39 is 0 Å². The lowest BCUT2D eigenvalue weighted by atomic mass is 9.93. The normalized spacial score (nSPS) is 22.6. The third kappa shape index (κ3) is 3.45. The molecule has 2 atom stereocenters. The lowest BCUT2D eigenvalue weighted by molar-refractivity contribution is -0.385. The molecule has 4 nitrogen and oxygen atoms in total. The predicted molar refractivity (Wildman–Crippen MR) is 76.6 cm³/mol. The molecule has 0 heterocycles. The highest BCUT2D eigenvalue weighted by Gasteiger charge is 2.28. The van der Waals surface area contributed by atoms with E-state index in [0.717, 1.165) is 24.9 Å². The van der Waals surface area contributed by atoms with Crippen LogP contribution < -0.4 is 5.32 Å². The number of hydrogen-bond acceptors (Lipinski definition) is 3. The fraction of sp³-hybridized carbons (Fsp3) is 0.571. The Labute approximate surface area is 118 Å². The van der Waals surface area contributed by atoms with Gasteiger partial charge in [0.1, 0.15) is 0 Å². The third-order valence-electron chi connectivity index (χ3n) is 3.85. The number of halogens is 1. The summed E-state index contributed by atoms with van der Waals surface area (Å²) in [7, 11) is 0. The van der Waals surface area contributed by atoms with Crippen molar-refractivity contribution in [3.63, 3.8) is 0 Å². The number of nitrogens with one attached hydrogen (secondary N) is 1. The zero-order valence-electron chi connectivity index (χ0n) is 11.1. The van der Waals surface area contributed by atoms with Crippen LogP contribution >= 0.6 is 11.6 Å². The average molecular weight is 283 g/mol. The molecular weight excluding hydrogens is 264 g/mol. The number of nitro benzene ring substituents is 1. The van der Waals surface area contributed by atoms with E-state index in [9.17, 15) is 10.1 Å². The van der Waals surface area contributed by atoms with Gasteiger partial charge in [-0.3, -0.25) is 10.1 Å². The summed E-state index contributed by atoms with van der Waals surface area (Å²) in [5.74, 6) is 0.486. The molecule has 0 aromatic heterocycles. The van der Waals surface area contributed by atoms with Gasteiger partial charge < -0.3 is 5.32 Å². The Hall–Kier alpha value is -1.13. The quantitative estimate of drug-likeness (QED) is 0.663. The summed E-state index contributed by atoms with van der Waals surface area (Å²) in [5, 5.41) is 15.0. The first kappa shape index (κ1) is 14.3. The first-order chi connectivity index (χ1) is 9.11. The first-order valence-electron chi connectivity index (χ1n) is 6.78. The molecule has 2 unspecified atom stereocenters. The van der Waals surface area contributed by atoms with Gasteiger partial charge in [-0.05, 0) is 37.8 Å². The van der Waals surface area contributed by atoms with Crippen molar-refractivity contribution < 1.29 is 4.92 Å². The highest BCUT2D eigenvalue weighted by Crippen LogP contribution is 2.32. The number of hydrogen-bond donors (Lipinski definition) is 1. The van der Waals surface area contributed by atoms with E-state index in [2.05, 4.69) is 12.2 Å². The van der Waals surface area contributed by atoms with Crippen molar-refractivity contribution in [1.82, 2.24) is 5.32 Å². The molecule has 0 bridgehead atoms. The number of nitro groups is 1. The second-order valence-corrected chi connectivity index (χ2v) is 5.53. The number of rotatable bonds is 5. The summed E-state index contributed by atoms with van der Waals surface area (Å²) in [6.07, 6.45) is 4.26. The number of benzene rings is 1. The summed E-state index contributed by atoms with van der Waals surface area (Å²) in [6.45, 7) is 3.05. The Morgan fingerprint density at radius 2 is 2.26 bits per heavy atom. The van der Waals surface area contributed by atoms with Gasteiger partial charge in [-0.2, -0.15) is 0 Å². The minimum atomic E-state index is -0.335. The van der Waals surface area contributed by atoms with Crippen LogP contribution in [0.4, 0.5) is 5.69 Å². The summed E-state index contributed by atoms with van der Waals surface area (Å²) in [4.78, 5) is 10.8. The third-order valence-corrected chi connectivity index (χ3v) is 4.09. The van der Waals surface area contributed by atoms with E-state index >= 15 is 0 Å². The molecule has 1 aliphatic carbocycles. The Bertz CT molecular complexity index is 465. The van der Waals surface area contributed by atoms with Gasteiger partial charge in [0.2, 0.25) is 0 Å². The van der Waals surface area contributed by atoms with Gasteiger partial charge in [-0.1, -0.05) is 31.0 Å². The standard InChI is InChI=1S/C14H19ClN2O2/c1-2-16-13-5-3-4-10(13)8-11-6-7-12(15)9-14(11)17(18)19/h6-7,9-10,13,16H,2-5,8H2,1H3. The molecular formula is C14H19ClN2O2. The maximum Gasteiger partial charge on any atom is 0.274 e. The smallest absolute Gasteiger partial charge is 0.274 e. The second-order valence-electron chi connectivity index (χ2n) is 5.09. The zero-order chi connectivity index (χ0) is 13.8. The van der Waals surface area contributed by atoms with E-state index in [4.69, 9.17) is 11.6 Å². The van der Waals surface area contributed by atoms with E-state index in [-0.39, 0.29) is 10.6 Å². The fourth-order valence-electron chi connectivity index (χ4n) is 2.97. The minimum Gasteiger partial charge on any atom is -0.314 e. The van der Waals surface area contributed by atoms with Crippen molar-refractivity contribution in [2.75, 3.05) is 6.54 Å². The first-order valence-corrected chi connectivity index (χ1v) is 7.15. The van der Waals surface area contributed by atoms with E-state index in [1.165, 1.54) is 18.9 Å². The molecule has 0 radical (unpaired) electrons. The molecule has 1 fully saturated rings. The predicted octanol–water partition coefficient (Wildman–Crippen LogP) is 3.57. The molecule has 19 heavy (non-hydrogen) atoms. The van der Waals surface area contributed by atoms with Crippen LogP contribution in [0.15, 0.2) is 18.2 Å². The topological polar surface area (TPSA) is 55.2 Å². The lowest BCUT2D eigenvalue weighted by Crippen LogP contribution is -2.33. The van der Waals surface area contributed by atoms with Crippen molar-refractivity contribution in [3.8, 4) is 0 Å². The molecule has 1 aromatic rings. The fourth-order valence-corrected chi connectivity index (χ4v) is 3.14. The molecule has 1 aliphatic rings. The monoisotopic (exact) mass is 282 g/mol. The van der Waals surface area contributed by atoms with Crippen LogP contribution in [0.5, 0.6) is 0 Å². The van der Waals surface area contributed by atoms with Crippen LogP contribution in [0.3, 0.4) is 0 Å². The molecule has 0 spiro atoms. The van der Waals surface area contributed by atoms with Gasteiger partial charge in [0, 0.05) is 22.7 Å². The van der Waals surface area contributed by atoms with Crippen LogP contribution in [0.1, 0.15) is 31.7 Å². The molecule has 0 aliphatic heterocycles. The summed E-state index contributed by atoms with van der Waals surface area (Å²) in [5.41, 5.74) is 0.943. The van der Waals surface area contributed by atoms with Crippen molar-refractivity contribution in [2.24, 2.45) is 5.92 Å². The Balaban J connectivity index is 2.16. The molecule has 0 amide bonds. The molecule has 2 rings (SSSR count). The van der Waals surface area contributed by atoms with Crippen LogP contribution in [-0.2, 0) is 6.42 Å². The maximum absolute atomic E-state index is 11.1. The van der Waals surface area contributed by atoms with E-state index in [0.29, 0.717) is 17.0 Å². The molecule has 104 valence electrons. The minimum absolute atomic E-state index is 0.148. The van der Waals surface area contributed by atoms with Crippen molar-refractivity contribution >= 4 is 17.3 Å². The second kappa shape index (κ2) is 6.35. The van der Waals surface area contributed by atoms with E-state index in [1.54, 1.807) is 12.1 Å². The van der Waals surface area contributed by atoms with Gasteiger partial charge in [0.05, 0.1) is 4.92 Å². The molecule has 1 saturated carbocycles. The maximum atomic E-state index is 11.1. The van der Waals surface area contributed by atoms with Crippen molar-refractivity contribution in [2.45, 2.75) is 38.6 Å². The summed E-state index contributed by atoms with van der Waals surface area (Å²) >= 11 is 5.84. The molecule has 5 heteroatoms. The Morgan fingerprint density at radius 1 is 1.47 bits per heavy atom. The molecule has 1 aromatic carbocycles. The van der Waals surface area contributed by atoms with E-state index in [1.807, 2.05) is 0 Å². The Kier molecular flexibility index (Phi) is 4.77. The number of nitrogens with zero attached hydrogens (tertiary/aromatic N) is 1. The van der Waals surface area contributed by atoms with Crippen molar-refractivity contribution in [3.05, 3.63) is 38.9 Å². The molecule has 0 saturated heterocycles. The van der Waals surface area contributed by atoms with Gasteiger partial charge in [0.15, 0.2) is 0 Å².